The number of hydrogen-bond acceptors (Lipinski definition) is 6. The van der Waals surface area contributed by atoms with E-state index in [4.69, 9.17) is 4.74 Å². The molecule has 3 aromatic rings. The first kappa shape index (κ1) is 20.7. The molecule has 0 fully saturated rings. The molecule has 150 valence electrons. The van der Waals surface area contributed by atoms with Gasteiger partial charge in [0.2, 0.25) is 0 Å². The maximum atomic E-state index is 12.6. The van der Waals surface area contributed by atoms with E-state index in [1.54, 1.807) is 18.3 Å². The summed E-state index contributed by atoms with van der Waals surface area (Å²) in [6.07, 6.45) is 1.71. The lowest BCUT2D eigenvalue weighted by atomic mass is 10.0. The Balaban J connectivity index is 1.61. The SMILES string of the molecule is Cc1cccc(C(=O)N[C@H](C(=O)OCc2csc(-c3ccccn3)n2)C(C)C)c1. The molecular weight excluding hydrogens is 386 g/mol. The summed E-state index contributed by atoms with van der Waals surface area (Å²) in [5.74, 6) is -0.889. The van der Waals surface area contributed by atoms with Crippen LogP contribution in [0.25, 0.3) is 10.7 Å². The first-order chi connectivity index (χ1) is 13.9. The molecule has 1 atom stereocenters. The number of hydrogen-bond donors (Lipinski definition) is 1. The molecule has 2 aromatic heterocycles. The summed E-state index contributed by atoms with van der Waals surface area (Å²) < 4.78 is 5.43. The molecule has 0 aliphatic rings. The fourth-order valence-electron chi connectivity index (χ4n) is 2.72. The number of aromatic nitrogens is 2. The minimum Gasteiger partial charge on any atom is -0.458 e. The molecule has 0 aliphatic carbocycles. The van der Waals surface area contributed by atoms with E-state index in [-0.39, 0.29) is 18.4 Å². The number of benzene rings is 1. The largest absolute Gasteiger partial charge is 0.458 e. The van der Waals surface area contributed by atoms with Gasteiger partial charge in [-0.25, -0.2) is 9.78 Å². The van der Waals surface area contributed by atoms with Crippen molar-refractivity contribution in [1.82, 2.24) is 15.3 Å². The molecule has 0 unspecified atom stereocenters. The molecule has 1 amide bonds. The van der Waals surface area contributed by atoms with E-state index in [0.29, 0.717) is 11.3 Å². The first-order valence-corrected chi connectivity index (χ1v) is 10.2. The van der Waals surface area contributed by atoms with Gasteiger partial charge in [-0.1, -0.05) is 37.6 Å². The van der Waals surface area contributed by atoms with E-state index in [1.165, 1.54) is 11.3 Å². The summed E-state index contributed by atoms with van der Waals surface area (Å²) >= 11 is 1.44. The van der Waals surface area contributed by atoms with E-state index >= 15 is 0 Å². The van der Waals surface area contributed by atoms with E-state index < -0.39 is 12.0 Å². The number of aryl methyl sites for hydroxylation is 1. The van der Waals surface area contributed by atoms with Gasteiger partial charge in [-0.2, -0.15) is 0 Å². The lowest BCUT2D eigenvalue weighted by Gasteiger charge is -2.20. The number of rotatable bonds is 7. The highest BCUT2D eigenvalue weighted by Gasteiger charge is 2.26. The monoisotopic (exact) mass is 409 g/mol. The molecule has 1 N–H and O–H groups in total. The van der Waals surface area contributed by atoms with Crippen molar-refractivity contribution in [2.45, 2.75) is 33.4 Å². The second kappa shape index (κ2) is 9.43. The molecule has 0 spiro atoms. The Morgan fingerprint density at radius 1 is 1.17 bits per heavy atom. The van der Waals surface area contributed by atoms with Gasteiger partial charge < -0.3 is 10.1 Å². The van der Waals surface area contributed by atoms with Crippen LogP contribution < -0.4 is 5.32 Å². The second-order valence-electron chi connectivity index (χ2n) is 7.03. The molecule has 3 rings (SSSR count). The summed E-state index contributed by atoms with van der Waals surface area (Å²) in [6, 6.07) is 12.1. The Morgan fingerprint density at radius 2 is 2.00 bits per heavy atom. The Bertz CT molecular complexity index is 986. The predicted molar refractivity (Wildman–Crippen MR) is 112 cm³/mol. The number of carbonyl (C=O) groups excluding carboxylic acids is 2. The highest BCUT2D eigenvalue weighted by molar-refractivity contribution is 7.13. The summed E-state index contributed by atoms with van der Waals surface area (Å²) in [6.45, 7) is 5.69. The maximum Gasteiger partial charge on any atom is 0.329 e. The maximum absolute atomic E-state index is 12.6. The molecule has 0 saturated carbocycles. The van der Waals surface area contributed by atoms with Crippen LogP contribution in [0, 0.1) is 12.8 Å². The van der Waals surface area contributed by atoms with Crippen LogP contribution in [0.3, 0.4) is 0 Å². The highest BCUT2D eigenvalue weighted by Crippen LogP contribution is 2.22. The molecule has 2 heterocycles. The van der Waals surface area contributed by atoms with Crippen LogP contribution in [0.2, 0.25) is 0 Å². The molecule has 0 aliphatic heterocycles. The van der Waals surface area contributed by atoms with Gasteiger partial charge in [0.25, 0.3) is 5.91 Å². The predicted octanol–water partition coefficient (Wildman–Crippen LogP) is 4.01. The Labute approximate surface area is 174 Å². The minimum atomic E-state index is -0.739. The number of esters is 1. The van der Waals surface area contributed by atoms with Crippen molar-refractivity contribution < 1.29 is 14.3 Å². The fraction of sp³-hybridized carbons (Fsp3) is 0.273. The van der Waals surface area contributed by atoms with Gasteiger partial charge in [-0.3, -0.25) is 9.78 Å². The number of nitrogens with zero attached hydrogens (tertiary/aromatic N) is 2. The van der Waals surface area contributed by atoms with Crippen molar-refractivity contribution >= 4 is 23.2 Å². The van der Waals surface area contributed by atoms with Gasteiger partial charge in [-0.05, 0) is 37.1 Å². The number of ether oxygens (including phenoxy) is 1. The summed E-state index contributed by atoms with van der Waals surface area (Å²) in [5.41, 5.74) is 2.92. The molecule has 0 saturated heterocycles. The third kappa shape index (κ3) is 5.48. The number of thiazole rings is 1. The smallest absolute Gasteiger partial charge is 0.329 e. The summed E-state index contributed by atoms with van der Waals surface area (Å²) in [7, 11) is 0. The van der Waals surface area contributed by atoms with Gasteiger partial charge in [-0.15, -0.1) is 11.3 Å². The Kier molecular flexibility index (Phi) is 6.72. The highest BCUT2D eigenvalue weighted by atomic mass is 32.1. The van der Waals surface area contributed by atoms with Gasteiger partial charge in [0, 0.05) is 17.1 Å². The Hall–Kier alpha value is -3.06. The number of amides is 1. The zero-order valence-corrected chi connectivity index (χ0v) is 17.4. The van der Waals surface area contributed by atoms with Crippen molar-refractivity contribution in [2.75, 3.05) is 0 Å². The zero-order valence-electron chi connectivity index (χ0n) is 16.6. The Morgan fingerprint density at radius 3 is 2.69 bits per heavy atom. The van der Waals surface area contributed by atoms with Crippen LogP contribution in [0.5, 0.6) is 0 Å². The van der Waals surface area contributed by atoms with Crippen LogP contribution in [-0.4, -0.2) is 27.9 Å². The van der Waals surface area contributed by atoms with Gasteiger partial charge >= 0.3 is 5.97 Å². The lowest BCUT2D eigenvalue weighted by molar-refractivity contribution is -0.148. The molecular formula is C22H23N3O3S. The average Bonchev–Trinajstić information content (AvgIpc) is 3.19. The van der Waals surface area contributed by atoms with Gasteiger partial charge in [0.15, 0.2) is 0 Å². The molecule has 7 heteroatoms. The van der Waals surface area contributed by atoms with Crippen molar-refractivity contribution in [1.29, 1.82) is 0 Å². The van der Waals surface area contributed by atoms with E-state index in [0.717, 1.165) is 16.3 Å². The van der Waals surface area contributed by atoms with Crippen LogP contribution in [0.15, 0.2) is 54.0 Å². The van der Waals surface area contributed by atoms with Crippen molar-refractivity contribution in [3.05, 3.63) is 70.9 Å². The molecule has 29 heavy (non-hydrogen) atoms. The van der Waals surface area contributed by atoms with E-state index in [1.807, 2.05) is 56.5 Å². The summed E-state index contributed by atoms with van der Waals surface area (Å²) in [5, 5.41) is 5.39. The lowest BCUT2D eigenvalue weighted by Crippen LogP contribution is -2.45. The average molecular weight is 410 g/mol. The molecule has 1 aromatic carbocycles. The molecule has 0 bridgehead atoms. The quantitative estimate of drug-likeness (QED) is 0.596. The molecule has 0 radical (unpaired) electrons. The third-order valence-electron chi connectivity index (χ3n) is 4.29. The van der Waals surface area contributed by atoms with Crippen LogP contribution in [0.1, 0.15) is 35.5 Å². The number of pyridine rings is 1. The van der Waals surface area contributed by atoms with Crippen molar-refractivity contribution in [3.8, 4) is 10.7 Å². The van der Waals surface area contributed by atoms with Gasteiger partial charge in [0.1, 0.15) is 17.7 Å². The van der Waals surface area contributed by atoms with Crippen LogP contribution >= 0.6 is 11.3 Å². The van der Waals surface area contributed by atoms with Crippen molar-refractivity contribution in [3.63, 3.8) is 0 Å². The molecule has 6 nitrogen and oxygen atoms in total. The number of carbonyl (C=O) groups is 2. The summed E-state index contributed by atoms with van der Waals surface area (Å²) in [4.78, 5) is 33.8. The van der Waals surface area contributed by atoms with Crippen LogP contribution in [0.4, 0.5) is 0 Å². The van der Waals surface area contributed by atoms with E-state index in [2.05, 4.69) is 15.3 Å². The van der Waals surface area contributed by atoms with Crippen LogP contribution in [-0.2, 0) is 16.1 Å². The fourth-order valence-corrected chi connectivity index (χ4v) is 3.50. The first-order valence-electron chi connectivity index (χ1n) is 9.34. The topological polar surface area (TPSA) is 81.2 Å². The third-order valence-corrected chi connectivity index (χ3v) is 5.20. The minimum absolute atomic E-state index is 0.0473. The van der Waals surface area contributed by atoms with E-state index in [9.17, 15) is 9.59 Å². The standard InChI is InChI=1S/C22H23N3O3S/c1-14(2)19(25-20(26)16-8-6-7-15(3)11-16)22(27)28-12-17-13-29-21(24-17)18-9-4-5-10-23-18/h4-11,13-14,19H,12H2,1-3H3,(H,25,26)/t19-/m0/s1. The van der Waals surface area contributed by atoms with Crippen molar-refractivity contribution in [2.24, 2.45) is 5.92 Å². The number of nitrogens with one attached hydrogen (secondary N) is 1. The zero-order chi connectivity index (χ0) is 20.8. The van der Waals surface area contributed by atoms with Gasteiger partial charge in [0.05, 0.1) is 11.4 Å². The normalized spacial score (nSPS) is 11.9. The second-order valence-corrected chi connectivity index (χ2v) is 7.89.